The number of sulfone groups is 1. The van der Waals surface area contributed by atoms with Crippen molar-refractivity contribution in [2.75, 3.05) is 6.54 Å². The quantitative estimate of drug-likeness (QED) is 0.770. The summed E-state index contributed by atoms with van der Waals surface area (Å²) in [6.45, 7) is 1.62. The summed E-state index contributed by atoms with van der Waals surface area (Å²) >= 11 is 3.33. The largest absolute Gasteiger partial charge is 0.481 e. The molecule has 0 heterocycles. The minimum atomic E-state index is -3.83. The van der Waals surface area contributed by atoms with Crippen molar-refractivity contribution in [3.05, 3.63) is 64.1 Å². The second-order valence-corrected chi connectivity index (χ2v) is 9.34. The summed E-state index contributed by atoms with van der Waals surface area (Å²) in [4.78, 5) is 12.1. The zero-order valence-electron chi connectivity index (χ0n) is 13.5. The van der Waals surface area contributed by atoms with Gasteiger partial charge in [-0.3, -0.25) is 4.79 Å². The number of rotatable bonds is 5. The second kappa shape index (κ2) is 6.23. The van der Waals surface area contributed by atoms with Crippen LogP contribution in [0.25, 0.3) is 0 Å². The Morgan fingerprint density at radius 2 is 1.72 bits per heavy atom. The fourth-order valence-corrected chi connectivity index (χ4v) is 6.11. The van der Waals surface area contributed by atoms with Crippen molar-refractivity contribution in [2.24, 2.45) is 11.1 Å². The van der Waals surface area contributed by atoms with Gasteiger partial charge < -0.3 is 10.8 Å². The molecule has 132 valence electrons. The van der Waals surface area contributed by atoms with E-state index in [-0.39, 0.29) is 11.4 Å². The number of carbonyl (C=O) groups is 1. The van der Waals surface area contributed by atoms with Gasteiger partial charge in [0.15, 0.2) is 9.84 Å². The molecular weight excluding hydrogens is 406 g/mol. The first-order valence-corrected chi connectivity index (χ1v) is 10.1. The monoisotopic (exact) mass is 423 g/mol. The van der Waals surface area contributed by atoms with Gasteiger partial charge in [-0.05, 0) is 36.8 Å². The lowest BCUT2D eigenvalue weighted by molar-refractivity contribution is -0.143. The van der Waals surface area contributed by atoms with Crippen molar-refractivity contribution in [3.8, 4) is 0 Å². The van der Waals surface area contributed by atoms with Crippen LogP contribution in [0.1, 0.15) is 17.0 Å². The van der Waals surface area contributed by atoms with E-state index < -0.39 is 32.4 Å². The van der Waals surface area contributed by atoms with E-state index in [1.807, 2.05) is 6.92 Å². The van der Waals surface area contributed by atoms with Crippen LogP contribution in [-0.4, -0.2) is 31.3 Å². The van der Waals surface area contributed by atoms with Crippen LogP contribution in [0.5, 0.6) is 0 Å². The molecule has 5 nitrogen and oxygen atoms in total. The minimum absolute atomic E-state index is 0.127. The van der Waals surface area contributed by atoms with Crippen LogP contribution in [-0.2, 0) is 14.6 Å². The van der Waals surface area contributed by atoms with E-state index in [4.69, 9.17) is 5.73 Å². The van der Waals surface area contributed by atoms with Gasteiger partial charge in [-0.15, -0.1) is 0 Å². The van der Waals surface area contributed by atoms with Gasteiger partial charge >= 0.3 is 5.97 Å². The highest BCUT2D eigenvalue weighted by atomic mass is 79.9. The smallest absolute Gasteiger partial charge is 0.312 e. The average molecular weight is 424 g/mol. The molecule has 0 saturated heterocycles. The van der Waals surface area contributed by atoms with E-state index in [1.165, 1.54) is 12.1 Å². The number of benzene rings is 2. The van der Waals surface area contributed by atoms with E-state index in [1.54, 1.807) is 36.4 Å². The number of aliphatic carboxylic acids is 1. The number of aryl methyl sites for hydroxylation is 1. The Kier molecular flexibility index (Phi) is 4.51. The highest BCUT2D eigenvalue weighted by molar-refractivity contribution is 9.10. The van der Waals surface area contributed by atoms with Gasteiger partial charge in [-0.1, -0.05) is 45.8 Å². The number of hydrogen-bond donors (Lipinski definition) is 2. The molecule has 25 heavy (non-hydrogen) atoms. The van der Waals surface area contributed by atoms with Crippen LogP contribution in [0.3, 0.4) is 0 Å². The summed E-state index contributed by atoms with van der Waals surface area (Å²) in [6, 6.07) is 13.5. The molecule has 1 fully saturated rings. The molecular formula is C18H18BrNO4S. The number of nitrogens with two attached hydrogens (primary N) is 1. The first kappa shape index (κ1) is 18.1. The van der Waals surface area contributed by atoms with Crippen LogP contribution >= 0.6 is 15.9 Å². The Labute approximate surface area is 154 Å². The number of carboxylic acids is 1. The van der Waals surface area contributed by atoms with Gasteiger partial charge in [0.25, 0.3) is 0 Å². The summed E-state index contributed by atoms with van der Waals surface area (Å²) < 4.78 is 27.1. The molecule has 0 radical (unpaired) electrons. The minimum Gasteiger partial charge on any atom is -0.481 e. The predicted octanol–water partition coefficient (Wildman–Crippen LogP) is 2.73. The summed E-state index contributed by atoms with van der Waals surface area (Å²) in [5.41, 5.74) is 5.86. The Balaban J connectivity index is 2.10. The molecule has 0 aliphatic heterocycles. The Morgan fingerprint density at radius 3 is 2.20 bits per heavy atom. The summed E-state index contributed by atoms with van der Waals surface area (Å²) in [5, 5.41) is 8.68. The molecule has 0 bridgehead atoms. The van der Waals surface area contributed by atoms with E-state index in [0.717, 1.165) is 10.0 Å². The van der Waals surface area contributed by atoms with E-state index >= 15 is 0 Å². The van der Waals surface area contributed by atoms with Crippen molar-refractivity contribution in [3.63, 3.8) is 0 Å². The van der Waals surface area contributed by atoms with E-state index in [2.05, 4.69) is 15.9 Å². The van der Waals surface area contributed by atoms with Gasteiger partial charge in [0.05, 0.1) is 10.1 Å². The fraction of sp³-hybridized carbons (Fsp3) is 0.278. The lowest BCUT2D eigenvalue weighted by Crippen LogP contribution is -2.31. The maximum absolute atomic E-state index is 13.1. The highest BCUT2D eigenvalue weighted by Crippen LogP contribution is 2.63. The van der Waals surface area contributed by atoms with Crippen LogP contribution < -0.4 is 5.73 Å². The third-order valence-electron chi connectivity index (χ3n) is 4.91. The molecule has 3 atom stereocenters. The normalized spacial score (nSPS) is 25.6. The maximum Gasteiger partial charge on any atom is 0.312 e. The van der Waals surface area contributed by atoms with Crippen LogP contribution in [0, 0.1) is 12.3 Å². The van der Waals surface area contributed by atoms with E-state index in [9.17, 15) is 18.3 Å². The molecule has 0 aromatic heterocycles. The van der Waals surface area contributed by atoms with Crippen LogP contribution in [0.4, 0.5) is 0 Å². The number of halogens is 1. The average Bonchev–Trinajstić information content (AvgIpc) is 3.27. The molecule has 1 aliphatic rings. The van der Waals surface area contributed by atoms with Gasteiger partial charge in [-0.2, -0.15) is 0 Å². The van der Waals surface area contributed by atoms with Gasteiger partial charge in [-0.25, -0.2) is 8.42 Å². The summed E-state index contributed by atoms with van der Waals surface area (Å²) in [7, 11) is -3.83. The molecule has 2 aromatic carbocycles. The third-order valence-corrected chi connectivity index (χ3v) is 7.72. The standard InChI is InChI=1S/C18H18BrNO4S/c1-11-2-8-14(9-3-11)25(23,24)16-15(18(16,10-20)17(21)22)12-4-6-13(19)7-5-12/h2-9,15-16H,10,20H2,1H3,(H,21,22). The molecule has 0 amide bonds. The Bertz CT molecular complexity index is 909. The maximum atomic E-state index is 13.1. The van der Waals surface area contributed by atoms with Crippen molar-refractivity contribution < 1.29 is 18.3 Å². The third kappa shape index (κ3) is 2.80. The first-order valence-electron chi connectivity index (χ1n) is 7.74. The van der Waals surface area contributed by atoms with Crippen LogP contribution in [0.2, 0.25) is 0 Å². The molecule has 0 spiro atoms. The van der Waals surface area contributed by atoms with Crippen molar-refractivity contribution in [2.45, 2.75) is 23.0 Å². The van der Waals surface area contributed by atoms with Crippen LogP contribution in [0.15, 0.2) is 57.9 Å². The van der Waals surface area contributed by atoms with Gasteiger partial charge in [0, 0.05) is 16.9 Å². The number of hydrogen-bond acceptors (Lipinski definition) is 4. The van der Waals surface area contributed by atoms with Gasteiger partial charge in [0.2, 0.25) is 0 Å². The Hall–Kier alpha value is -1.70. The molecule has 3 unspecified atom stereocenters. The molecule has 1 aliphatic carbocycles. The Morgan fingerprint density at radius 1 is 1.16 bits per heavy atom. The first-order chi connectivity index (χ1) is 11.7. The lowest BCUT2D eigenvalue weighted by Gasteiger charge is -2.10. The molecule has 2 aromatic rings. The summed E-state index contributed by atoms with van der Waals surface area (Å²) in [5.74, 6) is -1.85. The SMILES string of the molecule is Cc1ccc(S(=O)(=O)C2C(c3ccc(Br)cc3)C2(CN)C(=O)O)cc1. The van der Waals surface area contributed by atoms with Crippen molar-refractivity contribution in [1.82, 2.24) is 0 Å². The van der Waals surface area contributed by atoms with Gasteiger partial charge in [0.1, 0.15) is 5.41 Å². The fourth-order valence-electron chi connectivity index (χ4n) is 3.46. The van der Waals surface area contributed by atoms with Crippen molar-refractivity contribution >= 4 is 31.7 Å². The molecule has 3 rings (SSSR count). The van der Waals surface area contributed by atoms with Crippen molar-refractivity contribution in [1.29, 1.82) is 0 Å². The molecule has 1 saturated carbocycles. The zero-order valence-corrected chi connectivity index (χ0v) is 15.9. The lowest BCUT2D eigenvalue weighted by atomic mass is 9.99. The predicted molar refractivity (Wildman–Crippen MR) is 98.2 cm³/mol. The highest BCUT2D eigenvalue weighted by Gasteiger charge is 2.75. The molecule has 7 heteroatoms. The van der Waals surface area contributed by atoms with E-state index in [0.29, 0.717) is 5.56 Å². The molecule has 3 N–H and O–H groups in total. The topological polar surface area (TPSA) is 97.5 Å². The number of carboxylic acid groups (broad SMARTS) is 1. The summed E-state index contributed by atoms with van der Waals surface area (Å²) in [6.07, 6.45) is 0. The second-order valence-electron chi connectivity index (χ2n) is 6.36. The zero-order chi connectivity index (χ0) is 18.4.